The van der Waals surface area contributed by atoms with Crippen molar-refractivity contribution in [3.05, 3.63) is 247 Å². The first-order chi connectivity index (χ1) is 29.3. The average molecular weight is 751 g/mol. The first kappa shape index (κ1) is 33.5. The van der Waals surface area contributed by atoms with E-state index in [1.165, 1.54) is 77.2 Å². The van der Waals surface area contributed by atoms with Gasteiger partial charge in [-0.05, 0) is 115 Å². The molecule has 0 bridgehead atoms. The molecule has 1 N–H and O–H groups in total. The van der Waals surface area contributed by atoms with E-state index in [2.05, 4.69) is 235 Å². The third kappa shape index (κ3) is 5.00. The Morgan fingerprint density at radius 1 is 0.356 bits per heavy atom. The summed E-state index contributed by atoms with van der Waals surface area (Å²) >= 11 is 0. The van der Waals surface area contributed by atoms with Gasteiger partial charge in [0.15, 0.2) is 0 Å². The van der Waals surface area contributed by atoms with Gasteiger partial charge in [0.25, 0.3) is 0 Å². The van der Waals surface area contributed by atoms with Crippen LogP contribution in [0.3, 0.4) is 0 Å². The van der Waals surface area contributed by atoms with E-state index in [9.17, 15) is 0 Å². The maximum absolute atomic E-state index is 3.83. The fourth-order valence-electron chi connectivity index (χ4n) is 10.2. The molecule has 0 saturated heterocycles. The lowest BCUT2D eigenvalue weighted by molar-refractivity contribution is 0.768. The number of benzene rings is 10. The Labute approximate surface area is 344 Å². The predicted molar refractivity (Wildman–Crippen MR) is 248 cm³/mol. The first-order valence-electron chi connectivity index (χ1n) is 20.4. The van der Waals surface area contributed by atoms with Gasteiger partial charge in [0, 0.05) is 39.4 Å². The van der Waals surface area contributed by atoms with Crippen molar-refractivity contribution >= 4 is 50.0 Å². The molecule has 0 amide bonds. The number of hydrogen-bond acceptors (Lipinski definition) is 2. The minimum Gasteiger partial charge on any atom is -0.354 e. The molecular formula is C57H38N2. The summed E-state index contributed by atoms with van der Waals surface area (Å²) in [5, 5.41) is 8.86. The van der Waals surface area contributed by atoms with E-state index in [0.717, 1.165) is 28.4 Å². The number of anilines is 5. The van der Waals surface area contributed by atoms with E-state index in [-0.39, 0.29) is 0 Å². The minimum atomic E-state index is -0.482. The van der Waals surface area contributed by atoms with Gasteiger partial charge < -0.3 is 10.2 Å². The zero-order valence-corrected chi connectivity index (χ0v) is 32.3. The number of hydrogen-bond donors (Lipinski definition) is 1. The Bertz CT molecular complexity index is 3180. The number of nitrogens with zero attached hydrogens (tertiary/aromatic N) is 1. The predicted octanol–water partition coefficient (Wildman–Crippen LogP) is 15.2. The second kappa shape index (κ2) is 13.2. The van der Waals surface area contributed by atoms with Crippen LogP contribution in [0.4, 0.5) is 28.4 Å². The zero-order valence-electron chi connectivity index (χ0n) is 32.3. The number of fused-ring (bicyclic) bond motifs is 7. The van der Waals surface area contributed by atoms with E-state index in [0.29, 0.717) is 0 Å². The third-order valence-electron chi connectivity index (χ3n) is 12.6. The normalized spacial score (nSPS) is 13.0. The summed E-state index contributed by atoms with van der Waals surface area (Å²) in [6, 6.07) is 82.4. The van der Waals surface area contributed by atoms with Gasteiger partial charge in [0.05, 0.1) is 5.41 Å². The number of para-hydroxylation sites is 1. The molecule has 0 atom stereocenters. The van der Waals surface area contributed by atoms with Crippen molar-refractivity contribution in [1.29, 1.82) is 0 Å². The van der Waals surface area contributed by atoms with Gasteiger partial charge in [-0.3, -0.25) is 0 Å². The SMILES string of the molecule is c1ccc(N(c2ccc(-c3cc4c(c5ccccc35)-c3cccc5cccc(c35)N4)cc2)c2ccc3c(c2)C(c2ccccc2)(c2ccccc2)c2ccccc2-3)cc1. The van der Waals surface area contributed by atoms with Crippen LogP contribution >= 0.6 is 0 Å². The highest BCUT2D eigenvalue weighted by Crippen LogP contribution is 2.57. The fourth-order valence-corrected chi connectivity index (χ4v) is 10.2. The molecule has 10 aromatic rings. The van der Waals surface area contributed by atoms with Crippen LogP contribution in [-0.4, -0.2) is 0 Å². The van der Waals surface area contributed by atoms with Crippen LogP contribution in [0.2, 0.25) is 0 Å². The maximum atomic E-state index is 3.83. The van der Waals surface area contributed by atoms with Crippen LogP contribution < -0.4 is 10.2 Å². The second-order valence-corrected chi connectivity index (χ2v) is 15.7. The Hall–Kier alpha value is -7.68. The van der Waals surface area contributed by atoms with E-state index >= 15 is 0 Å². The highest BCUT2D eigenvalue weighted by molar-refractivity contribution is 6.19. The molecule has 0 saturated carbocycles. The second-order valence-electron chi connectivity index (χ2n) is 15.7. The van der Waals surface area contributed by atoms with Crippen molar-refractivity contribution < 1.29 is 0 Å². The van der Waals surface area contributed by atoms with Crippen LogP contribution in [0, 0.1) is 0 Å². The van der Waals surface area contributed by atoms with Gasteiger partial charge in [-0.1, -0.05) is 176 Å². The lowest BCUT2D eigenvalue weighted by Gasteiger charge is -2.35. The summed E-state index contributed by atoms with van der Waals surface area (Å²) in [6.45, 7) is 0. The lowest BCUT2D eigenvalue weighted by atomic mass is 9.67. The third-order valence-corrected chi connectivity index (χ3v) is 12.6. The highest BCUT2D eigenvalue weighted by Gasteiger charge is 2.46. The summed E-state index contributed by atoms with van der Waals surface area (Å²) < 4.78 is 0. The van der Waals surface area contributed by atoms with Crippen molar-refractivity contribution in [2.24, 2.45) is 0 Å². The maximum Gasteiger partial charge on any atom is 0.0714 e. The number of nitrogens with one attached hydrogen (secondary N) is 1. The van der Waals surface area contributed by atoms with Crippen molar-refractivity contribution in [2.75, 3.05) is 10.2 Å². The Morgan fingerprint density at radius 3 is 1.68 bits per heavy atom. The van der Waals surface area contributed by atoms with Gasteiger partial charge in [-0.2, -0.15) is 0 Å². The molecule has 0 spiro atoms. The molecule has 2 nitrogen and oxygen atoms in total. The summed E-state index contributed by atoms with van der Waals surface area (Å²) in [7, 11) is 0. The van der Waals surface area contributed by atoms with E-state index in [1.54, 1.807) is 0 Å². The van der Waals surface area contributed by atoms with Gasteiger partial charge in [0.1, 0.15) is 0 Å². The molecule has 2 heteroatoms. The molecule has 59 heavy (non-hydrogen) atoms. The molecule has 1 heterocycles. The van der Waals surface area contributed by atoms with Crippen LogP contribution in [0.1, 0.15) is 22.3 Å². The Morgan fingerprint density at radius 2 is 0.932 bits per heavy atom. The average Bonchev–Trinajstić information content (AvgIpc) is 3.60. The van der Waals surface area contributed by atoms with Crippen LogP contribution in [-0.2, 0) is 5.41 Å². The van der Waals surface area contributed by atoms with Gasteiger partial charge >= 0.3 is 0 Å². The van der Waals surface area contributed by atoms with Crippen LogP contribution in [0.25, 0.3) is 54.9 Å². The molecule has 0 radical (unpaired) electrons. The molecule has 0 unspecified atom stereocenters. The van der Waals surface area contributed by atoms with E-state index in [4.69, 9.17) is 0 Å². The van der Waals surface area contributed by atoms with Crippen LogP contribution in [0.5, 0.6) is 0 Å². The molecular weight excluding hydrogens is 713 g/mol. The van der Waals surface area contributed by atoms with Crippen molar-refractivity contribution in [1.82, 2.24) is 0 Å². The molecule has 1 aliphatic carbocycles. The number of rotatable bonds is 6. The summed E-state index contributed by atoms with van der Waals surface area (Å²) in [5.41, 5.74) is 17.7. The van der Waals surface area contributed by atoms with Crippen LogP contribution in [0.15, 0.2) is 224 Å². The van der Waals surface area contributed by atoms with Gasteiger partial charge in [-0.15, -0.1) is 0 Å². The molecule has 12 rings (SSSR count). The van der Waals surface area contributed by atoms with Crippen molar-refractivity contribution in [2.45, 2.75) is 5.41 Å². The van der Waals surface area contributed by atoms with Gasteiger partial charge in [-0.25, -0.2) is 0 Å². The molecule has 276 valence electrons. The first-order valence-corrected chi connectivity index (χ1v) is 20.4. The summed E-state index contributed by atoms with van der Waals surface area (Å²) in [6.07, 6.45) is 0. The standard InChI is InChI=1S/C57H38N2/c1-4-18-40(19-5-1)57(41-20-6-2-7-21-41)51-28-13-12-25-46(51)47-35-34-44(36-52(47)57)59(42-22-8-3-9-23-42)43-32-30-38(31-33-43)50-37-54-56(48-26-11-10-24-45(48)50)49-27-14-16-39-17-15-29-53(58-54)55(39)49/h1-37,58H. The highest BCUT2D eigenvalue weighted by atomic mass is 15.1. The smallest absolute Gasteiger partial charge is 0.0714 e. The monoisotopic (exact) mass is 750 g/mol. The fraction of sp³-hybridized carbons (Fsp3) is 0.0175. The topological polar surface area (TPSA) is 15.3 Å². The molecule has 0 aromatic heterocycles. The summed E-state index contributed by atoms with van der Waals surface area (Å²) in [4.78, 5) is 2.40. The molecule has 2 aliphatic rings. The lowest BCUT2D eigenvalue weighted by Crippen LogP contribution is -2.28. The summed E-state index contributed by atoms with van der Waals surface area (Å²) in [5.74, 6) is 0. The molecule has 1 aliphatic heterocycles. The zero-order chi connectivity index (χ0) is 38.9. The van der Waals surface area contributed by atoms with E-state index in [1.807, 2.05) is 0 Å². The molecule has 10 aromatic carbocycles. The Balaban J connectivity index is 1.02. The minimum absolute atomic E-state index is 0.482. The van der Waals surface area contributed by atoms with Crippen molar-refractivity contribution in [3.63, 3.8) is 0 Å². The van der Waals surface area contributed by atoms with Crippen molar-refractivity contribution in [3.8, 4) is 33.4 Å². The van der Waals surface area contributed by atoms with E-state index < -0.39 is 5.41 Å². The Kier molecular flexibility index (Phi) is 7.48. The van der Waals surface area contributed by atoms with Gasteiger partial charge in [0.2, 0.25) is 0 Å². The molecule has 0 fully saturated rings. The largest absolute Gasteiger partial charge is 0.354 e. The quantitative estimate of drug-likeness (QED) is 0.182.